The molecule has 0 radical (unpaired) electrons. The fourth-order valence-electron chi connectivity index (χ4n) is 4.56. The van der Waals surface area contributed by atoms with E-state index >= 15 is 0 Å². The Morgan fingerprint density at radius 2 is 1.88 bits per heavy atom. The van der Waals surface area contributed by atoms with E-state index in [1.54, 1.807) is 6.08 Å². The number of piperazine rings is 1. The zero-order chi connectivity index (χ0) is 22.9. The van der Waals surface area contributed by atoms with E-state index in [-0.39, 0.29) is 11.1 Å². The predicted molar refractivity (Wildman–Crippen MR) is 135 cm³/mol. The molecule has 2 aliphatic rings. The van der Waals surface area contributed by atoms with Crippen molar-refractivity contribution in [2.45, 2.75) is 13.8 Å². The number of rotatable bonds is 4. The minimum atomic E-state index is -0.345. The topological polar surface area (TPSA) is 65.5 Å². The summed E-state index contributed by atoms with van der Waals surface area (Å²) in [6, 6.07) is 14.6. The Morgan fingerprint density at radius 3 is 2.58 bits per heavy atom. The molecule has 33 heavy (non-hydrogen) atoms. The van der Waals surface area contributed by atoms with Gasteiger partial charge in [0.15, 0.2) is 0 Å². The number of carbonyl (C=O) groups is 2. The lowest BCUT2D eigenvalue weighted by atomic mass is 9.97. The Hall–Kier alpha value is -3.16. The van der Waals surface area contributed by atoms with E-state index in [0.717, 1.165) is 72.1 Å². The summed E-state index contributed by atoms with van der Waals surface area (Å²) in [7, 11) is 0. The number of imide groups is 1. The smallest absolute Gasteiger partial charge is 0.290 e. The lowest BCUT2D eigenvalue weighted by molar-refractivity contribution is -0.115. The number of nitrogens with one attached hydrogen (secondary N) is 1. The zero-order valence-electron chi connectivity index (χ0n) is 18.8. The van der Waals surface area contributed by atoms with Gasteiger partial charge >= 0.3 is 0 Å². The first-order chi connectivity index (χ1) is 16.0. The molecule has 0 unspecified atom stereocenters. The number of thioether (sulfide) groups is 1. The highest BCUT2D eigenvalue weighted by atomic mass is 32.2. The van der Waals surface area contributed by atoms with Crippen molar-refractivity contribution in [2.75, 3.05) is 37.6 Å². The Morgan fingerprint density at radius 1 is 1.06 bits per heavy atom. The molecule has 1 N–H and O–H groups in total. The van der Waals surface area contributed by atoms with Crippen molar-refractivity contribution < 1.29 is 9.59 Å². The SMILES string of the molecule is CCN1CCN(c2ccc(-c3ccnc4ccc(C=C5SC(=O)NC5=O)cc34)cc2C)CC1. The fraction of sp³-hybridized carbons (Fsp3) is 0.269. The van der Waals surface area contributed by atoms with Gasteiger partial charge in [0.25, 0.3) is 11.1 Å². The van der Waals surface area contributed by atoms with Gasteiger partial charge in [0, 0.05) is 43.4 Å². The van der Waals surface area contributed by atoms with Gasteiger partial charge in [-0.05, 0) is 83.9 Å². The first kappa shape index (κ1) is 21.7. The number of hydrogen-bond donors (Lipinski definition) is 1. The van der Waals surface area contributed by atoms with Gasteiger partial charge in [0.05, 0.1) is 10.4 Å². The van der Waals surface area contributed by atoms with Crippen molar-refractivity contribution >= 4 is 45.6 Å². The molecule has 3 heterocycles. The molecule has 2 fully saturated rings. The molecule has 2 saturated heterocycles. The van der Waals surface area contributed by atoms with E-state index in [2.05, 4.69) is 52.1 Å². The summed E-state index contributed by atoms with van der Waals surface area (Å²) in [4.78, 5) is 33.3. The second-order valence-corrected chi connectivity index (χ2v) is 9.42. The third-order valence-electron chi connectivity index (χ3n) is 6.37. The van der Waals surface area contributed by atoms with Gasteiger partial charge in [-0.25, -0.2) is 0 Å². The maximum atomic E-state index is 11.9. The average Bonchev–Trinajstić information content (AvgIpc) is 3.15. The van der Waals surface area contributed by atoms with Crippen molar-refractivity contribution in [1.82, 2.24) is 15.2 Å². The highest BCUT2D eigenvalue weighted by Gasteiger charge is 2.25. The van der Waals surface area contributed by atoms with Gasteiger partial charge in [-0.3, -0.25) is 19.9 Å². The summed E-state index contributed by atoms with van der Waals surface area (Å²) < 4.78 is 0. The van der Waals surface area contributed by atoms with Crippen LogP contribution in [0.2, 0.25) is 0 Å². The number of carbonyl (C=O) groups excluding carboxylic acids is 2. The Balaban J connectivity index is 1.48. The standard InChI is InChI=1S/C26H26N4O2S/c1-3-29-10-12-30(13-11-29)23-7-5-19(14-17(23)2)20-8-9-27-22-6-4-18(15-21(20)22)16-24-25(31)28-26(32)33-24/h4-9,14-16H,3,10-13H2,1-2H3,(H,28,31,32). The zero-order valence-corrected chi connectivity index (χ0v) is 19.6. The lowest BCUT2D eigenvalue weighted by Gasteiger charge is -2.36. The number of aryl methyl sites for hydroxylation is 1. The molecule has 6 nitrogen and oxygen atoms in total. The maximum Gasteiger partial charge on any atom is 0.290 e. The molecule has 0 bridgehead atoms. The molecule has 2 amide bonds. The Kier molecular flexibility index (Phi) is 5.91. The molecule has 0 atom stereocenters. The Labute approximate surface area is 197 Å². The number of hydrogen-bond acceptors (Lipinski definition) is 6. The van der Waals surface area contributed by atoms with Crippen LogP contribution < -0.4 is 10.2 Å². The second kappa shape index (κ2) is 9.00. The van der Waals surface area contributed by atoms with Gasteiger partial charge in [-0.15, -0.1) is 0 Å². The van der Waals surface area contributed by atoms with Crippen molar-refractivity contribution in [3.63, 3.8) is 0 Å². The van der Waals surface area contributed by atoms with Crippen LogP contribution in [0.1, 0.15) is 18.1 Å². The molecule has 2 aliphatic heterocycles. The fourth-order valence-corrected chi connectivity index (χ4v) is 5.24. The summed E-state index contributed by atoms with van der Waals surface area (Å²) in [5, 5.41) is 2.99. The van der Waals surface area contributed by atoms with E-state index in [1.807, 2.05) is 30.5 Å². The van der Waals surface area contributed by atoms with Crippen molar-refractivity contribution in [3.8, 4) is 11.1 Å². The van der Waals surface area contributed by atoms with Crippen LogP contribution in [0.3, 0.4) is 0 Å². The van der Waals surface area contributed by atoms with Gasteiger partial charge in [0.1, 0.15) is 0 Å². The van der Waals surface area contributed by atoms with Gasteiger partial charge in [-0.2, -0.15) is 0 Å². The number of nitrogens with zero attached hydrogens (tertiary/aromatic N) is 3. The number of fused-ring (bicyclic) bond motifs is 1. The summed E-state index contributed by atoms with van der Waals surface area (Å²) >= 11 is 0.931. The quantitative estimate of drug-likeness (QED) is 0.573. The summed E-state index contributed by atoms with van der Waals surface area (Å²) in [6.07, 6.45) is 3.59. The molecule has 0 saturated carbocycles. The third kappa shape index (κ3) is 4.38. The van der Waals surface area contributed by atoms with Crippen LogP contribution in [0.25, 0.3) is 28.1 Å². The van der Waals surface area contributed by atoms with E-state index in [0.29, 0.717) is 4.91 Å². The van der Waals surface area contributed by atoms with E-state index in [9.17, 15) is 9.59 Å². The summed E-state index contributed by atoms with van der Waals surface area (Å²) in [5.74, 6) is -0.345. The number of likely N-dealkylation sites (N-methyl/N-ethyl adjacent to an activating group) is 1. The van der Waals surface area contributed by atoms with Crippen LogP contribution in [0.15, 0.2) is 53.6 Å². The van der Waals surface area contributed by atoms with Gasteiger partial charge in [0.2, 0.25) is 0 Å². The number of amides is 2. The summed E-state index contributed by atoms with van der Waals surface area (Å²) in [6.45, 7) is 9.82. The van der Waals surface area contributed by atoms with Crippen molar-refractivity contribution in [2.24, 2.45) is 0 Å². The van der Waals surface area contributed by atoms with Crippen molar-refractivity contribution in [3.05, 3.63) is 64.7 Å². The number of pyridine rings is 1. The average molecular weight is 459 g/mol. The molecule has 0 aliphatic carbocycles. The largest absolute Gasteiger partial charge is 0.369 e. The lowest BCUT2D eigenvalue weighted by Crippen LogP contribution is -2.46. The Bertz CT molecular complexity index is 1280. The number of anilines is 1. The first-order valence-corrected chi connectivity index (χ1v) is 12.1. The normalized spacial score (nSPS) is 18.4. The van der Waals surface area contributed by atoms with Gasteiger partial charge < -0.3 is 9.80 Å². The number of aromatic nitrogens is 1. The molecule has 1 aromatic heterocycles. The highest BCUT2D eigenvalue weighted by molar-refractivity contribution is 8.18. The molecular formula is C26H26N4O2S. The van der Waals surface area contributed by atoms with Crippen LogP contribution in [0, 0.1) is 6.92 Å². The monoisotopic (exact) mass is 458 g/mol. The molecule has 3 aromatic rings. The van der Waals surface area contributed by atoms with Crippen LogP contribution in [-0.2, 0) is 4.79 Å². The molecule has 2 aromatic carbocycles. The minimum absolute atomic E-state index is 0.332. The molecule has 7 heteroatoms. The van der Waals surface area contributed by atoms with E-state index in [4.69, 9.17) is 0 Å². The first-order valence-electron chi connectivity index (χ1n) is 11.2. The van der Waals surface area contributed by atoms with Crippen LogP contribution in [-0.4, -0.2) is 53.8 Å². The highest BCUT2D eigenvalue weighted by Crippen LogP contribution is 2.33. The molecular weight excluding hydrogens is 432 g/mol. The minimum Gasteiger partial charge on any atom is -0.369 e. The molecule has 5 rings (SSSR count). The van der Waals surface area contributed by atoms with Crippen LogP contribution in [0.5, 0.6) is 0 Å². The summed E-state index contributed by atoms with van der Waals surface area (Å²) in [5.41, 5.74) is 6.57. The predicted octanol–water partition coefficient (Wildman–Crippen LogP) is 4.68. The van der Waals surface area contributed by atoms with Crippen LogP contribution >= 0.6 is 11.8 Å². The van der Waals surface area contributed by atoms with Crippen molar-refractivity contribution in [1.29, 1.82) is 0 Å². The van der Waals surface area contributed by atoms with E-state index in [1.165, 1.54) is 11.3 Å². The molecule has 0 spiro atoms. The van der Waals surface area contributed by atoms with Crippen LogP contribution in [0.4, 0.5) is 10.5 Å². The molecule has 168 valence electrons. The van der Waals surface area contributed by atoms with E-state index < -0.39 is 0 Å². The van der Waals surface area contributed by atoms with Gasteiger partial charge in [-0.1, -0.05) is 19.1 Å². The maximum absolute atomic E-state index is 11.9. The number of benzene rings is 2. The second-order valence-electron chi connectivity index (χ2n) is 8.41. The third-order valence-corrected chi connectivity index (χ3v) is 7.18.